The second-order valence-corrected chi connectivity index (χ2v) is 11.4. The van der Waals surface area contributed by atoms with E-state index in [1.165, 1.54) is 0 Å². The number of nitrogens with zero attached hydrogens (tertiary/aromatic N) is 1. The van der Waals surface area contributed by atoms with Crippen LogP contribution in [0.1, 0.15) is 77.8 Å². The highest BCUT2D eigenvalue weighted by atomic mass is 16.2. The number of quaternary nitrogens is 1. The highest BCUT2D eigenvalue weighted by Crippen LogP contribution is 2.22. The Morgan fingerprint density at radius 3 is 2.24 bits per heavy atom. The highest BCUT2D eigenvalue weighted by Gasteiger charge is 2.30. The van der Waals surface area contributed by atoms with Crippen LogP contribution in [-0.4, -0.2) is 48.5 Å². The summed E-state index contributed by atoms with van der Waals surface area (Å²) in [6, 6.07) is 16.2. The number of amides is 2. The predicted molar refractivity (Wildman–Crippen MR) is 160 cm³/mol. The van der Waals surface area contributed by atoms with Crippen molar-refractivity contribution in [3.63, 3.8) is 0 Å². The minimum Gasteiger partial charge on any atom is -0.398 e. The number of nitrogens with two attached hydrogens (primary N) is 1. The minimum atomic E-state index is 0.0328. The van der Waals surface area contributed by atoms with Gasteiger partial charge in [0.05, 0.1) is 38.6 Å². The van der Waals surface area contributed by atoms with Gasteiger partial charge < -0.3 is 20.9 Å². The largest absolute Gasteiger partial charge is 0.398 e. The normalized spacial score (nSPS) is 12.9. The molecule has 2 aromatic rings. The second kappa shape index (κ2) is 16.2. The molecule has 38 heavy (non-hydrogen) atoms. The number of hydrogen-bond acceptors (Lipinski definition) is 3. The van der Waals surface area contributed by atoms with Crippen LogP contribution >= 0.6 is 0 Å². The molecular weight excluding hydrogens is 472 g/mol. The molecule has 0 saturated carbocycles. The molecule has 0 spiro atoms. The number of benzene rings is 2. The van der Waals surface area contributed by atoms with Gasteiger partial charge in [0.15, 0.2) is 0 Å². The number of nitrogen functional groups attached to an aromatic ring is 1. The maximum absolute atomic E-state index is 12.6. The van der Waals surface area contributed by atoms with E-state index in [9.17, 15) is 9.59 Å². The zero-order chi connectivity index (χ0) is 28.0. The zero-order valence-corrected chi connectivity index (χ0v) is 24.4. The molecule has 0 heterocycles. The summed E-state index contributed by atoms with van der Waals surface area (Å²) in [7, 11) is 0. The minimum absolute atomic E-state index is 0.0328. The molecule has 1 atom stereocenters. The van der Waals surface area contributed by atoms with E-state index in [2.05, 4.69) is 45.3 Å². The number of carbonyl (C=O) groups is 2. The van der Waals surface area contributed by atoms with Gasteiger partial charge in [0.1, 0.15) is 0 Å². The van der Waals surface area contributed by atoms with Crippen LogP contribution < -0.4 is 16.4 Å². The summed E-state index contributed by atoms with van der Waals surface area (Å²) < 4.78 is 0.967. The lowest BCUT2D eigenvalue weighted by Crippen LogP contribution is -2.57. The van der Waals surface area contributed by atoms with E-state index in [4.69, 9.17) is 5.73 Å². The van der Waals surface area contributed by atoms with Crippen LogP contribution in [0.5, 0.6) is 0 Å². The first-order chi connectivity index (χ1) is 18.1. The van der Waals surface area contributed by atoms with Crippen molar-refractivity contribution < 1.29 is 14.1 Å². The van der Waals surface area contributed by atoms with Crippen molar-refractivity contribution in [2.24, 2.45) is 5.92 Å². The molecule has 0 fully saturated rings. The molecule has 6 heteroatoms. The summed E-state index contributed by atoms with van der Waals surface area (Å²) in [4.78, 5) is 25.1. The lowest BCUT2D eigenvalue weighted by Gasteiger charge is -2.43. The van der Waals surface area contributed by atoms with Crippen molar-refractivity contribution in [2.75, 3.05) is 37.2 Å². The number of hydrogen-bond donors (Lipinski definition) is 3. The monoisotopic (exact) mass is 523 g/mol. The lowest BCUT2D eigenvalue weighted by atomic mass is 10.0. The number of carbonyl (C=O) groups excluding carboxylic acids is 2. The zero-order valence-electron chi connectivity index (χ0n) is 24.4. The summed E-state index contributed by atoms with van der Waals surface area (Å²) in [5.41, 5.74) is 9.87. The van der Waals surface area contributed by atoms with Gasteiger partial charge in [-0.1, -0.05) is 63.6 Å². The summed E-state index contributed by atoms with van der Waals surface area (Å²) in [5.74, 6) is 0.644. The van der Waals surface area contributed by atoms with Gasteiger partial charge in [0.25, 0.3) is 0 Å². The third kappa shape index (κ3) is 10.9. The van der Waals surface area contributed by atoms with Crippen molar-refractivity contribution in [2.45, 2.75) is 85.6 Å². The number of nitrogens with one attached hydrogen (secondary N) is 2. The van der Waals surface area contributed by atoms with Crippen LogP contribution in [0.25, 0.3) is 0 Å². The third-order valence-corrected chi connectivity index (χ3v) is 7.45. The van der Waals surface area contributed by atoms with Gasteiger partial charge >= 0.3 is 0 Å². The van der Waals surface area contributed by atoms with E-state index in [0.29, 0.717) is 31.3 Å². The van der Waals surface area contributed by atoms with Crippen LogP contribution in [0.3, 0.4) is 0 Å². The van der Waals surface area contributed by atoms with Crippen molar-refractivity contribution >= 4 is 23.2 Å². The topological polar surface area (TPSA) is 84.2 Å². The molecule has 2 aromatic carbocycles. The number of unbranched alkanes of at least 4 members (excludes halogenated alkanes) is 2. The van der Waals surface area contributed by atoms with Gasteiger partial charge in [-0.3, -0.25) is 9.59 Å². The highest BCUT2D eigenvalue weighted by molar-refractivity contribution is 5.91. The average Bonchev–Trinajstić information content (AvgIpc) is 2.86. The van der Waals surface area contributed by atoms with Gasteiger partial charge in [-0.2, -0.15) is 0 Å². The van der Waals surface area contributed by atoms with E-state index in [1.807, 2.05) is 48.5 Å². The van der Waals surface area contributed by atoms with E-state index in [1.54, 1.807) is 0 Å². The molecule has 0 aliphatic rings. The maximum Gasteiger partial charge on any atom is 0.224 e. The fraction of sp³-hybridized carbons (Fsp3) is 0.562. The van der Waals surface area contributed by atoms with Gasteiger partial charge in [0, 0.05) is 17.8 Å². The molecule has 210 valence electrons. The average molecular weight is 524 g/mol. The Morgan fingerprint density at radius 1 is 0.895 bits per heavy atom. The Hall–Kier alpha value is -2.86. The quantitative estimate of drug-likeness (QED) is 0.136. The van der Waals surface area contributed by atoms with Gasteiger partial charge in [-0.25, -0.2) is 0 Å². The number of rotatable bonds is 17. The maximum atomic E-state index is 12.6. The van der Waals surface area contributed by atoms with Crippen molar-refractivity contribution in [3.8, 4) is 0 Å². The standard InChI is InChI=1S/C32H50N4O2/c1-6-7-19-36(26(4)5,21-18-34-32(38)23-27-13-9-8-10-14-27)20-12-11-15-31(37)35-29-17-16-28(22-25(2)3)30(33)24-29/h8-10,13-14,16-17,24-26H,6-7,11-12,15,18-23,33H2,1-5H3,(H-,34,35,37,38)/p+1. The predicted octanol–water partition coefficient (Wildman–Crippen LogP) is 5.96. The fourth-order valence-electron chi connectivity index (χ4n) is 5.08. The summed E-state index contributed by atoms with van der Waals surface area (Å²) in [6.07, 6.45) is 5.96. The molecule has 6 nitrogen and oxygen atoms in total. The first-order valence-corrected chi connectivity index (χ1v) is 14.5. The molecule has 0 aliphatic heterocycles. The number of anilines is 2. The van der Waals surface area contributed by atoms with Gasteiger partial charge in [-0.15, -0.1) is 0 Å². The lowest BCUT2D eigenvalue weighted by molar-refractivity contribution is -0.947. The van der Waals surface area contributed by atoms with Crippen LogP contribution in [0.15, 0.2) is 48.5 Å². The molecule has 0 saturated heterocycles. The molecule has 0 radical (unpaired) electrons. The smallest absolute Gasteiger partial charge is 0.224 e. The molecule has 2 rings (SSSR count). The Balaban J connectivity index is 1.85. The molecular formula is C32H51N4O2+. The van der Waals surface area contributed by atoms with Crippen LogP contribution in [0.2, 0.25) is 0 Å². The Labute approximate surface area is 231 Å². The molecule has 0 aliphatic carbocycles. The SMILES string of the molecule is CCCC[N+](CCCCC(=O)Nc1ccc(CC(C)C)c(N)c1)(CCNC(=O)Cc1ccccc1)C(C)C. The third-order valence-electron chi connectivity index (χ3n) is 7.45. The summed E-state index contributed by atoms with van der Waals surface area (Å²) in [5, 5.41) is 6.16. The van der Waals surface area contributed by atoms with Crippen LogP contribution in [0.4, 0.5) is 11.4 Å². The van der Waals surface area contributed by atoms with E-state index in [0.717, 1.165) is 78.7 Å². The van der Waals surface area contributed by atoms with Crippen LogP contribution in [-0.2, 0) is 22.4 Å². The van der Waals surface area contributed by atoms with Crippen LogP contribution in [0, 0.1) is 5.92 Å². The van der Waals surface area contributed by atoms with E-state index < -0.39 is 0 Å². The van der Waals surface area contributed by atoms with E-state index >= 15 is 0 Å². The first kappa shape index (κ1) is 31.4. The summed E-state index contributed by atoms with van der Waals surface area (Å²) >= 11 is 0. The molecule has 2 amide bonds. The van der Waals surface area contributed by atoms with Crippen molar-refractivity contribution in [3.05, 3.63) is 59.7 Å². The Morgan fingerprint density at radius 2 is 1.61 bits per heavy atom. The van der Waals surface area contributed by atoms with E-state index in [-0.39, 0.29) is 11.8 Å². The van der Waals surface area contributed by atoms with Crippen molar-refractivity contribution in [1.29, 1.82) is 0 Å². The molecule has 0 aromatic heterocycles. The van der Waals surface area contributed by atoms with Gasteiger partial charge in [-0.05, 0) is 68.7 Å². The molecule has 4 N–H and O–H groups in total. The van der Waals surface area contributed by atoms with Crippen molar-refractivity contribution in [1.82, 2.24) is 5.32 Å². The molecule has 1 unspecified atom stereocenters. The summed E-state index contributed by atoms with van der Waals surface area (Å²) in [6.45, 7) is 14.8. The second-order valence-electron chi connectivity index (χ2n) is 11.4. The Kier molecular flexibility index (Phi) is 13.4. The Bertz CT molecular complexity index is 990. The molecule has 0 bridgehead atoms. The fourth-order valence-corrected chi connectivity index (χ4v) is 5.08. The van der Waals surface area contributed by atoms with Gasteiger partial charge in [0.2, 0.25) is 11.8 Å². The first-order valence-electron chi connectivity index (χ1n) is 14.5.